The lowest BCUT2D eigenvalue weighted by Gasteiger charge is -2.09. The zero-order valence-corrected chi connectivity index (χ0v) is 16.1. The minimum absolute atomic E-state index is 0.183. The maximum absolute atomic E-state index is 13.3. The Morgan fingerprint density at radius 1 is 1.03 bits per heavy atom. The van der Waals surface area contributed by atoms with Crippen LogP contribution in [0, 0.1) is 12.7 Å². The lowest BCUT2D eigenvalue weighted by atomic mass is 10.0. The summed E-state index contributed by atoms with van der Waals surface area (Å²) in [6.45, 7) is 2.23. The third-order valence-electron chi connectivity index (χ3n) is 4.93. The Labute approximate surface area is 172 Å². The van der Waals surface area contributed by atoms with Gasteiger partial charge in [0, 0.05) is 6.07 Å². The van der Waals surface area contributed by atoms with Crippen molar-refractivity contribution in [1.82, 2.24) is 0 Å². The molecule has 0 aliphatic carbocycles. The fourth-order valence-electron chi connectivity index (χ4n) is 3.51. The molecule has 2 heterocycles. The highest BCUT2D eigenvalue weighted by Gasteiger charge is 2.30. The predicted molar refractivity (Wildman–Crippen MR) is 107 cm³/mol. The number of fused-ring (bicyclic) bond motifs is 2. The zero-order chi connectivity index (χ0) is 20.7. The highest BCUT2D eigenvalue weighted by molar-refractivity contribution is 6.15. The molecule has 0 amide bonds. The van der Waals surface area contributed by atoms with Gasteiger partial charge in [0.1, 0.15) is 23.9 Å². The molecule has 0 aromatic heterocycles. The monoisotopic (exact) mass is 404 g/mol. The van der Waals surface area contributed by atoms with Crippen LogP contribution in [0.4, 0.5) is 4.39 Å². The molecule has 3 aromatic rings. The molecule has 2 aliphatic rings. The molecule has 150 valence electrons. The Balaban J connectivity index is 1.38. The van der Waals surface area contributed by atoms with E-state index in [2.05, 4.69) is 0 Å². The topological polar surface area (TPSA) is 54.0 Å². The summed E-state index contributed by atoms with van der Waals surface area (Å²) < 4.78 is 35.7. The normalized spacial score (nSPS) is 15.3. The van der Waals surface area contributed by atoms with Crippen molar-refractivity contribution in [2.45, 2.75) is 13.5 Å². The predicted octanol–water partition coefficient (Wildman–Crippen LogP) is 5.06. The third-order valence-corrected chi connectivity index (χ3v) is 4.93. The first-order valence-electron chi connectivity index (χ1n) is 9.42. The van der Waals surface area contributed by atoms with E-state index < -0.39 is 0 Å². The number of halogens is 1. The summed E-state index contributed by atoms with van der Waals surface area (Å²) in [6, 6.07) is 15.1. The molecule has 0 saturated heterocycles. The van der Waals surface area contributed by atoms with E-state index in [9.17, 15) is 9.18 Å². The largest absolute Gasteiger partial charge is 0.489 e. The zero-order valence-electron chi connectivity index (χ0n) is 16.1. The fraction of sp³-hybridized carbons (Fsp3) is 0.125. The second-order valence-corrected chi connectivity index (χ2v) is 7.08. The van der Waals surface area contributed by atoms with Crippen LogP contribution in [0.5, 0.6) is 23.0 Å². The summed E-state index contributed by atoms with van der Waals surface area (Å²) in [6.07, 6.45) is 1.68. The molecule has 0 unspecified atom stereocenters. The van der Waals surface area contributed by atoms with Gasteiger partial charge in [-0.05, 0) is 60.0 Å². The van der Waals surface area contributed by atoms with E-state index >= 15 is 0 Å². The van der Waals surface area contributed by atoms with E-state index in [1.165, 1.54) is 12.1 Å². The van der Waals surface area contributed by atoms with Crippen LogP contribution in [0.1, 0.15) is 27.0 Å². The Hall–Kier alpha value is -3.80. The van der Waals surface area contributed by atoms with Gasteiger partial charge in [-0.1, -0.05) is 18.2 Å². The van der Waals surface area contributed by atoms with E-state index in [0.29, 0.717) is 34.1 Å². The molecule has 5 nitrogen and oxygen atoms in total. The first-order chi connectivity index (χ1) is 14.6. The highest BCUT2D eigenvalue weighted by Crippen LogP contribution is 2.39. The van der Waals surface area contributed by atoms with Gasteiger partial charge < -0.3 is 18.9 Å². The van der Waals surface area contributed by atoms with E-state index in [4.69, 9.17) is 18.9 Å². The fourth-order valence-corrected chi connectivity index (χ4v) is 3.51. The summed E-state index contributed by atoms with van der Waals surface area (Å²) in [7, 11) is 0. The van der Waals surface area contributed by atoms with Crippen molar-refractivity contribution in [3.8, 4) is 23.0 Å². The molecule has 0 saturated carbocycles. The Kier molecular flexibility index (Phi) is 4.39. The summed E-state index contributed by atoms with van der Waals surface area (Å²) in [5.41, 5.74) is 2.75. The van der Waals surface area contributed by atoms with Crippen LogP contribution >= 0.6 is 0 Å². The molecule has 0 spiro atoms. The highest BCUT2D eigenvalue weighted by atomic mass is 19.1. The van der Waals surface area contributed by atoms with Crippen LogP contribution in [-0.2, 0) is 6.61 Å². The summed E-state index contributed by atoms with van der Waals surface area (Å²) >= 11 is 0. The Morgan fingerprint density at radius 2 is 1.90 bits per heavy atom. The minimum Gasteiger partial charge on any atom is -0.489 e. The van der Waals surface area contributed by atoms with Crippen molar-refractivity contribution < 1.29 is 28.1 Å². The van der Waals surface area contributed by atoms with Crippen molar-refractivity contribution >= 4 is 11.9 Å². The SMILES string of the molecule is Cc1cc(OCc2cccc(F)c2)cc2c1C(=O)/C(=C/c1ccc3c(c1)OCO3)O2. The smallest absolute Gasteiger partial charge is 0.232 e. The molecule has 6 heteroatoms. The second kappa shape index (κ2) is 7.22. The van der Waals surface area contributed by atoms with Crippen LogP contribution in [0.3, 0.4) is 0 Å². The average molecular weight is 404 g/mol. The van der Waals surface area contributed by atoms with Gasteiger partial charge in [0.15, 0.2) is 17.3 Å². The second-order valence-electron chi connectivity index (χ2n) is 7.08. The van der Waals surface area contributed by atoms with Crippen LogP contribution in [0.2, 0.25) is 0 Å². The lowest BCUT2D eigenvalue weighted by molar-refractivity contribution is 0.101. The van der Waals surface area contributed by atoms with Gasteiger partial charge >= 0.3 is 0 Å². The van der Waals surface area contributed by atoms with Crippen molar-refractivity contribution in [3.63, 3.8) is 0 Å². The number of carbonyl (C=O) groups excluding carboxylic acids is 1. The molecule has 30 heavy (non-hydrogen) atoms. The Bertz CT molecular complexity index is 1200. The van der Waals surface area contributed by atoms with Crippen molar-refractivity contribution in [1.29, 1.82) is 0 Å². The molecular formula is C24H17FO5. The number of benzene rings is 3. The number of aryl methyl sites for hydroxylation is 1. The van der Waals surface area contributed by atoms with E-state index in [1.54, 1.807) is 42.5 Å². The molecule has 3 aromatic carbocycles. The first-order valence-corrected chi connectivity index (χ1v) is 9.42. The van der Waals surface area contributed by atoms with E-state index in [1.807, 2.05) is 13.0 Å². The number of ketones is 1. The molecule has 0 N–H and O–H groups in total. The van der Waals surface area contributed by atoms with Gasteiger partial charge in [-0.2, -0.15) is 0 Å². The number of Topliss-reactive ketones (excluding diaryl/α,β-unsaturated/α-hetero) is 1. The molecule has 0 bridgehead atoms. The van der Waals surface area contributed by atoms with Crippen LogP contribution in [-0.4, -0.2) is 12.6 Å². The summed E-state index contributed by atoms with van der Waals surface area (Å²) in [5.74, 6) is 2.04. The van der Waals surface area contributed by atoms with Gasteiger partial charge in [0.05, 0.1) is 5.56 Å². The summed E-state index contributed by atoms with van der Waals surface area (Å²) in [4.78, 5) is 12.9. The van der Waals surface area contributed by atoms with E-state index in [0.717, 1.165) is 11.1 Å². The van der Waals surface area contributed by atoms with Crippen LogP contribution in [0.15, 0.2) is 60.4 Å². The number of carbonyl (C=O) groups is 1. The number of hydrogen-bond acceptors (Lipinski definition) is 5. The van der Waals surface area contributed by atoms with Crippen molar-refractivity contribution in [2.75, 3.05) is 6.79 Å². The molecule has 5 rings (SSSR count). The molecule has 0 atom stereocenters. The number of rotatable bonds is 4. The maximum Gasteiger partial charge on any atom is 0.232 e. The number of hydrogen-bond donors (Lipinski definition) is 0. The standard InChI is InChI=1S/C24H17FO5/c1-14-7-18(27-12-16-3-2-4-17(25)8-16)11-21-23(14)24(26)22(30-21)10-15-5-6-19-20(9-15)29-13-28-19/h2-11H,12-13H2,1H3/b22-10-. The third kappa shape index (κ3) is 3.37. The number of ether oxygens (including phenoxy) is 4. The van der Waals surface area contributed by atoms with Crippen LogP contribution in [0.25, 0.3) is 6.08 Å². The maximum atomic E-state index is 13.3. The van der Waals surface area contributed by atoms with Gasteiger partial charge in [0.25, 0.3) is 0 Å². The molecule has 0 radical (unpaired) electrons. The van der Waals surface area contributed by atoms with Crippen LogP contribution < -0.4 is 18.9 Å². The van der Waals surface area contributed by atoms with Crippen molar-refractivity contribution in [3.05, 3.63) is 88.4 Å². The van der Waals surface area contributed by atoms with Gasteiger partial charge in [-0.3, -0.25) is 4.79 Å². The number of allylic oxidation sites excluding steroid dienone is 1. The molecule has 2 aliphatic heterocycles. The molecule has 0 fully saturated rings. The first kappa shape index (κ1) is 18.2. The molecular weight excluding hydrogens is 387 g/mol. The summed E-state index contributed by atoms with van der Waals surface area (Å²) in [5, 5.41) is 0. The minimum atomic E-state index is -0.312. The average Bonchev–Trinajstić information content (AvgIpc) is 3.31. The van der Waals surface area contributed by atoms with Gasteiger partial charge in [0.2, 0.25) is 12.6 Å². The Morgan fingerprint density at radius 3 is 2.77 bits per heavy atom. The van der Waals surface area contributed by atoms with Crippen molar-refractivity contribution in [2.24, 2.45) is 0 Å². The van der Waals surface area contributed by atoms with Gasteiger partial charge in [-0.15, -0.1) is 0 Å². The van der Waals surface area contributed by atoms with E-state index in [-0.39, 0.29) is 30.8 Å². The quantitative estimate of drug-likeness (QED) is 0.569. The van der Waals surface area contributed by atoms with Gasteiger partial charge in [-0.25, -0.2) is 4.39 Å². The lowest BCUT2D eigenvalue weighted by Crippen LogP contribution is -2.00.